The lowest BCUT2D eigenvalue weighted by Gasteiger charge is -2.24. The predicted molar refractivity (Wildman–Crippen MR) is 75.0 cm³/mol. The zero-order valence-corrected chi connectivity index (χ0v) is 12.3. The molecule has 0 saturated heterocycles. The van der Waals surface area contributed by atoms with Crippen LogP contribution in [-0.2, 0) is 5.54 Å². The molecular weight excluding hydrogens is 294 g/mol. The van der Waals surface area contributed by atoms with Crippen LogP contribution in [0.15, 0.2) is 22.7 Å². The Balaban J connectivity index is 2.60. The molecule has 96 valence electrons. The summed E-state index contributed by atoms with van der Waals surface area (Å²) < 4.78 is 2.67. The van der Waals surface area contributed by atoms with Gasteiger partial charge in [0.25, 0.3) is 0 Å². The molecule has 0 aliphatic carbocycles. The largest absolute Gasteiger partial charge is 0.398 e. The maximum absolute atomic E-state index is 5.89. The van der Waals surface area contributed by atoms with Gasteiger partial charge in [-0.3, -0.25) is 0 Å². The van der Waals surface area contributed by atoms with E-state index in [1.54, 1.807) is 0 Å². The third-order valence-corrected chi connectivity index (χ3v) is 4.06. The van der Waals surface area contributed by atoms with Gasteiger partial charge < -0.3 is 5.73 Å². The van der Waals surface area contributed by atoms with E-state index in [0.29, 0.717) is 5.69 Å². The minimum Gasteiger partial charge on any atom is -0.398 e. The third-order valence-electron chi connectivity index (χ3n) is 3.18. The normalized spacial score (nSPS) is 11.8. The molecule has 0 aliphatic heterocycles. The minimum absolute atomic E-state index is 0.136. The van der Waals surface area contributed by atoms with E-state index in [0.717, 1.165) is 22.3 Å². The summed E-state index contributed by atoms with van der Waals surface area (Å²) in [6, 6.07) is 5.69. The van der Waals surface area contributed by atoms with Crippen molar-refractivity contribution in [1.29, 1.82) is 0 Å². The van der Waals surface area contributed by atoms with Gasteiger partial charge in [-0.15, -0.1) is 5.10 Å². The summed E-state index contributed by atoms with van der Waals surface area (Å²) in [6.07, 6.45) is 0.935. The van der Waals surface area contributed by atoms with Crippen LogP contribution in [-0.4, -0.2) is 20.2 Å². The molecule has 0 aliphatic rings. The first-order chi connectivity index (χ1) is 8.47. The number of hydrogen-bond acceptors (Lipinski definition) is 4. The summed E-state index contributed by atoms with van der Waals surface area (Å²) in [7, 11) is 0. The zero-order chi connectivity index (χ0) is 13.3. The maximum atomic E-state index is 5.89. The van der Waals surface area contributed by atoms with E-state index in [9.17, 15) is 0 Å². The number of rotatable bonds is 3. The molecule has 0 amide bonds. The number of hydrogen-bond donors (Lipinski definition) is 1. The Hall–Kier alpha value is -1.43. The standard InChI is InChI=1S/C12H16BrN5/c1-4-12(2,3)18-11(15-16-17-18)8-6-5-7-9(14)10(8)13/h5-7H,4,14H2,1-3H3. The molecule has 0 unspecified atom stereocenters. The summed E-state index contributed by atoms with van der Waals surface area (Å²) in [4.78, 5) is 0. The lowest BCUT2D eigenvalue weighted by Crippen LogP contribution is -2.27. The fourth-order valence-electron chi connectivity index (χ4n) is 1.64. The third kappa shape index (κ3) is 2.12. The van der Waals surface area contributed by atoms with Crippen molar-refractivity contribution in [2.24, 2.45) is 0 Å². The van der Waals surface area contributed by atoms with Crippen LogP contribution in [0.1, 0.15) is 27.2 Å². The summed E-state index contributed by atoms with van der Waals surface area (Å²) in [5.41, 5.74) is 7.34. The highest BCUT2D eigenvalue weighted by Gasteiger charge is 2.25. The number of nitrogens with zero attached hydrogens (tertiary/aromatic N) is 4. The van der Waals surface area contributed by atoms with Gasteiger partial charge in [-0.1, -0.05) is 13.0 Å². The van der Waals surface area contributed by atoms with Crippen LogP contribution in [0.25, 0.3) is 11.4 Å². The second-order valence-electron chi connectivity index (χ2n) is 4.79. The van der Waals surface area contributed by atoms with Gasteiger partial charge in [0.1, 0.15) is 0 Å². The molecule has 6 heteroatoms. The van der Waals surface area contributed by atoms with Crippen molar-refractivity contribution in [3.05, 3.63) is 22.7 Å². The minimum atomic E-state index is -0.136. The molecular formula is C12H16BrN5. The molecule has 0 atom stereocenters. The molecule has 0 bridgehead atoms. The van der Waals surface area contributed by atoms with E-state index in [1.807, 2.05) is 22.9 Å². The molecule has 1 aromatic heterocycles. The second-order valence-corrected chi connectivity index (χ2v) is 5.58. The van der Waals surface area contributed by atoms with E-state index in [2.05, 4.69) is 52.2 Å². The van der Waals surface area contributed by atoms with Crippen molar-refractivity contribution in [3.8, 4) is 11.4 Å². The fourth-order valence-corrected chi connectivity index (χ4v) is 2.08. The predicted octanol–water partition coefficient (Wildman–Crippen LogP) is 2.83. The highest BCUT2D eigenvalue weighted by Crippen LogP contribution is 2.33. The van der Waals surface area contributed by atoms with Gasteiger partial charge >= 0.3 is 0 Å². The van der Waals surface area contributed by atoms with Crippen LogP contribution >= 0.6 is 15.9 Å². The Kier molecular flexibility index (Phi) is 3.38. The van der Waals surface area contributed by atoms with Crippen LogP contribution < -0.4 is 5.73 Å². The van der Waals surface area contributed by atoms with Crippen molar-refractivity contribution in [2.75, 3.05) is 5.73 Å². The van der Waals surface area contributed by atoms with Gasteiger partial charge in [-0.25, -0.2) is 4.68 Å². The SMILES string of the molecule is CCC(C)(C)n1nnnc1-c1cccc(N)c1Br. The van der Waals surface area contributed by atoms with E-state index in [4.69, 9.17) is 5.73 Å². The quantitative estimate of drug-likeness (QED) is 0.885. The molecule has 2 N–H and O–H groups in total. The van der Waals surface area contributed by atoms with Gasteiger partial charge in [0, 0.05) is 11.3 Å². The number of nitrogens with two attached hydrogens (primary N) is 1. The summed E-state index contributed by atoms with van der Waals surface area (Å²) >= 11 is 3.49. The number of aromatic nitrogens is 4. The molecule has 0 saturated carbocycles. The molecule has 2 rings (SSSR count). The van der Waals surface area contributed by atoms with E-state index < -0.39 is 0 Å². The van der Waals surface area contributed by atoms with Crippen molar-refractivity contribution in [3.63, 3.8) is 0 Å². The average molecular weight is 310 g/mol. The fraction of sp³-hybridized carbons (Fsp3) is 0.417. The maximum Gasteiger partial charge on any atom is 0.183 e. The molecule has 0 fully saturated rings. The van der Waals surface area contributed by atoms with Crippen LogP contribution in [0.4, 0.5) is 5.69 Å². The molecule has 0 spiro atoms. The van der Waals surface area contributed by atoms with Crippen LogP contribution in [0, 0.1) is 0 Å². The average Bonchev–Trinajstić information content (AvgIpc) is 2.82. The number of anilines is 1. The van der Waals surface area contributed by atoms with E-state index >= 15 is 0 Å². The number of benzene rings is 1. The van der Waals surface area contributed by atoms with Crippen LogP contribution in [0.2, 0.25) is 0 Å². The Morgan fingerprint density at radius 3 is 2.78 bits per heavy atom. The van der Waals surface area contributed by atoms with Gasteiger partial charge in [0.15, 0.2) is 5.82 Å². The van der Waals surface area contributed by atoms with E-state index in [-0.39, 0.29) is 5.54 Å². The molecule has 18 heavy (non-hydrogen) atoms. The first-order valence-corrected chi connectivity index (χ1v) is 6.60. The number of nitrogen functional groups attached to an aromatic ring is 1. The Morgan fingerprint density at radius 2 is 2.11 bits per heavy atom. The highest BCUT2D eigenvalue weighted by molar-refractivity contribution is 9.10. The van der Waals surface area contributed by atoms with Gasteiger partial charge in [0.05, 0.1) is 10.0 Å². The Labute approximate surface area is 115 Å². The van der Waals surface area contributed by atoms with Gasteiger partial charge in [-0.2, -0.15) is 0 Å². The number of tetrazole rings is 1. The first-order valence-electron chi connectivity index (χ1n) is 5.80. The Morgan fingerprint density at radius 1 is 1.39 bits per heavy atom. The lowest BCUT2D eigenvalue weighted by molar-refractivity contribution is 0.304. The van der Waals surface area contributed by atoms with Crippen molar-refractivity contribution < 1.29 is 0 Å². The molecule has 2 aromatic rings. The second kappa shape index (κ2) is 4.68. The van der Waals surface area contributed by atoms with Crippen LogP contribution in [0.3, 0.4) is 0 Å². The topological polar surface area (TPSA) is 69.6 Å². The summed E-state index contributed by atoms with van der Waals surface area (Å²) in [5.74, 6) is 0.723. The highest BCUT2D eigenvalue weighted by atomic mass is 79.9. The molecule has 0 radical (unpaired) electrons. The molecule has 1 heterocycles. The van der Waals surface area contributed by atoms with Crippen molar-refractivity contribution in [1.82, 2.24) is 20.2 Å². The van der Waals surface area contributed by atoms with E-state index in [1.165, 1.54) is 0 Å². The number of halogens is 1. The van der Waals surface area contributed by atoms with Crippen molar-refractivity contribution >= 4 is 21.6 Å². The Bertz CT molecular complexity index is 561. The van der Waals surface area contributed by atoms with Crippen molar-refractivity contribution in [2.45, 2.75) is 32.7 Å². The molecule has 5 nitrogen and oxygen atoms in total. The molecule has 1 aromatic carbocycles. The van der Waals surface area contributed by atoms with Gasteiger partial charge in [0.2, 0.25) is 0 Å². The smallest absolute Gasteiger partial charge is 0.183 e. The lowest BCUT2D eigenvalue weighted by atomic mass is 10.0. The van der Waals surface area contributed by atoms with Gasteiger partial charge in [-0.05, 0) is 58.8 Å². The summed E-state index contributed by atoms with van der Waals surface area (Å²) in [6.45, 7) is 6.32. The first kappa shape index (κ1) is 13.0. The summed E-state index contributed by atoms with van der Waals surface area (Å²) in [5, 5.41) is 12.0. The zero-order valence-electron chi connectivity index (χ0n) is 10.7. The monoisotopic (exact) mass is 309 g/mol. The van der Waals surface area contributed by atoms with Crippen LogP contribution in [0.5, 0.6) is 0 Å².